The molecule has 1 heterocycles. The van der Waals surface area contributed by atoms with Crippen LogP contribution < -0.4 is 5.32 Å². The summed E-state index contributed by atoms with van der Waals surface area (Å²) in [5.74, 6) is -1.50. The number of carbonyl (C=O) groups is 1. The number of benzene rings is 1. The lowest BCUT2D eigenvalue weighted by molar-refractivity contribution is -0.186. The summed E-state index contributed by atoms with van der Waals surface area (Å²) in [7, 11) is 0. The predicted molar refractivity (Wildman–Crippen MR) is 80.9 cm³/mol. The van der Waals surface area contributed by atoms with Gasteiger partial charge in [0.1, 0.15) is 0 Å². The molecule has 1 N–H and O–H groups in total. The quantitative estimate of drug-likeness (QED) is 0.923. The van der Waals surface area contributed by atoms with Crippen molar-refractivity contribution in [2.24, 2.45) is 5.92 Å². The van der Waals surface area contributed by atoms with Crippen molar-refractivity contribution in [3.05, 3.63) is 35.9 Å². The number of piperidine rings is 1. The average molecular weight is 326 g/mol. The maximum absolute atomic E-state index is 13.0. The van der Waals surface area contributed by atoms with E-state index in [1.54, 1.807) is 0 Å². The molecule has 1 saturated carbocycles. The fraction of sp³-hybridized carbons (Fsp3) is 0.588. The molecule has 1 aliphatic heterocycles. The van der Waals surface area contributed by atoms with Gasteiger partial charge in [-0.2, -0.15) is 13.2 Å². The summed E-state index contributed by atoms with van der Waals surface area (Å²) in [5.41, 5.74) is 1.02. The number of carbonyl (C=O) groups excluding carboxylic acids is 1. The molecule has 2 aliphatic rings. The molecule has 1 aromatic carbocycles. The second kappa shape index (κ2) is 6.51. The van der Waals surface area contributed by atoms with Crippen molar-refractivity contribution in [2.45, 2.75) is 37.4 Å². The Morgan fingerprint density at radius 2 is 1.83 bits per heavy atom. The molecule has 3 nitrogen and oxygen atoms in total. The van der Waals surface area contributed by atoms with Crippen molar-refractivity contribution < 1.29 is 18.0 Å². The zero-order valence-electron chi connectivity index (χ0n) is 12.9. The zero-order chi connectivity index (χ0) is 16.4. The van der Waals surface area contributed by atoms with Gasteiger partial charge >= 0.3 is 12.1 Å². The molecule has 0 radical (unpaired) electrons. The minimum Gasteiger partial charge on any atom is -0.331 e. The smallest absolute Gasteiger partial charge is 0.331 e. The van der Waals surface area contributed by atoms with Crippen LogP contribution in [0.4, 0.5) is 13.2 Å². The summed E-state index contributed by atoms with van der Waals surface area (Å²) in [6.45, 7) is 1.84. The van der Waals surface area contributed by atoms with Crippen LogP contribution in [0.3, 0.4) is 0 Å². The third-order valence-corrected chi connectivity index (χ3v) is 4.80. The Kier molecular flexibility index (Phi) is 4.62. The summed E-state index contributed by atoms with van der Waals surface area (Å²) in [6.07, 6.45) is -2.53. The molecule has 1 aromatic rings. The van der Waals surface area contributed by atoms with Crippen LogP contribution >= 0.6 is 0 Å². The van der Waals surface area contributed by atoms with Gasteiger partial charge in [-0.25, -0.2) is 0 Å². The molecule has 2 fully saturated rings. The lowest BCUT2D eigenvalue weighted by atomic mass is 9.97. The Morgan fingerprint density at radius 1 is 1.17 bits per heavy atom. The molecule has 3 rings (SSSR count). The van der Waals surface area contributed by atoms with Crippen LogP contribution in [0.2, 0.25) is 0 Å². The first-order valence-corrected chi connectivity index (χ1v) is 8.10. The highest BCUT2D eigenvalue weighted by Crippen LogP contribution is 2.46. The normalized spacial score (nSPS) is 25.2. The van der Waals surface area contributed by atoms with Crippen molar-refractivity contribution >= 4 is 5.91 Å². The van der Waals surface area contributed by atoms with Gasteiger partial charge in [0.05, 0.1) is 0 Å². The zero-order valence-corrected chi connectivity index (χ0v) is 12.9. The van der Waals surface area contributed by atoms with Gasteiger partial charge in [-0.3, -0.25) is 4.79 Å². The van der Waals surface area contributed by atoms with Gasteiger partial charge in [-0.15, -0.1) is 0 Å². The first-order valence-electron chi connectivity index (χ1n) is 8.10. The fourth-order valence-electron chi connectivity index (χ4n) is 3.46. The second-order valence-corrected chi connectivity index (χ2v) is 6.47. The van der Waals surface area contributed by atoms with Gasteiger partial charge in [0, 0.05) is 18.5 Å². The highest BCUT2D eigenvalue weighted by molar-refractivity contribution is 5.82. The van der Waals surface area contributed by atoms with Crippen molar-refractivity contribution in [1.29, 1.82) is 0 Å². The van der Waals surface area contributed by atoms with E-state index in [0.717, 1.165) is 36.4 Å². The van der Waals surface area contributed by atoms with Gasteiger partial charge in [0.25, 0.3) is 0 Å². The monoisotopic (exact) mass is 326 g/mol. The van der Waals surface area contributed by atoms with E-state index in [1.807, 2.05) is 30.3 Å². The molecular weight excluding hydrogens is 305 g/mol. The maximum Gasteiger partial charge on any atom is 0.471 e. The number of rotatable bonds is 4. The number of nitrogens with zero attached hydrogens (tertiary/aromatic N) is 1. The Hall–Kier alpha value is -1.56. The first kappa shape index (κ1) is 16.3. The minimum absolute atomic E-state index is 0.0317. The van der Waals surface area contributed by atoms with Gasteiger partial charge in [0.15, 0.2) is 0 Å². The molecular formula is C17H21F3N2O. The lowest BCUT2D eigenvalue weighted by Gasteiger charge is -2.31. The van der Waals surface area contributed by atoms with Crippen molar-refractivity contribution in [2.75, 3.05) is 19.6 Å². The molecule has 6 heteroatoms. The molecule has 0 bridgehead atoms. The molecule has 1 saturated heterocycles. The largest absolute Gasteiger partial charge is 0.471 e. The van der Waals surface area contributed by atoms with Crippen molar-refractivity contribution in [3.8, 4) is 0 Å². The van der Waals surface area contributed by atoms with Crippen LogP contribution in [-0.2, 0) is 4.79 Å². The van der Waals surface area contributed by atoms with Gasteiger partial charge < -0.3 is 10.2 Å². The van der Waals surface area contributed by atoms with Crippen LogP contribution in [0.1, 0.15) is 30.7 Å². The molecule has 0 aromatic heterocycles. The molecule has 0 spiro atoms. The van der Waals surface area contributed by atoms with Crippen molar-refractivity contribution in [3.63, 3.8) is 0 Å². The second-order valence-electron chi connectivity index (χ2n) is 6.47. The number of hydrogen-bond donors (Lipinski definition) is 1. The van der Waals surface area contributed by atoms with Gasteiger partial charge in [-0.05, 0) is 43.8 Å². The molecule has 0 unspecified atom stereocenters. The van der Waals surface area contributed by atoms with E-state index in [4.69, 9.17) is 0 Å². The molecule has 23 heavy (non-hydrogen) atoms. The number of nitrogens with one attached hydrogen (secondary N) is 1. The Morgan fingerprint density at radius 3 is 2.43 bits per heavy atom. The number of halogens is 3. The lowest BCUT2D eigenvalue weighted by Crippen LogP contribution is -2.46. The molecule has 1 aliphatic carbocycles. The number of hydrogen-bond acceptors (Lipinski definition) is 2. The summed E-state index contributed by atoms with van der Waals surface area (Å²) in [4.78, 5) is 13.0. The van der Waals surface area contributed by atoms with E-state index < -0.39 is 12.1 Å². The van der Waals surface area contributed by atoms with E-state index in [-0.39, 0.29) is 24.4 Å². The summed E-state index contributed by atoms with van der Waals surface area (Å²) < 4.78 is 38.9. The minimum atomic E-state index is -4.79. The molecule has 126 valence electrons. The first-order chi connectivity index (χ1) is 11.0. The van der Waals surface area contributed by atoms with Gasteiger partial charge in [-0.1, -0.05) is 30.3 Å². The maximum atomic E-state index is 13.0. The fourth-order valence-corrected chi connectivity index (χ4v) is 3.46. The highest BCUT2D eigenvalue weighted by Gasteiger charge is 2.52. The Labute approximate surface area is 133 Å². The number of amides is 1. The van der Waals surface area contributed by atoms with Crippen LogP contribution in [-0.4, -0.2) is 42.7 Å². The van der Waals surface area contributed by atoms with Crippen LogP contribution in [0.25, 0.3) is 0 Å². The van der Waals surface area contributed by atoms with Crippen LogP contribution in [0, 0.1) is 5.92 Å². The van der Waals surface area contributed by atoms with E-state index >= 15 is 0 Å². The highest BCUT2D eigenvalue weighted by atomic mass is 19.4. The summed E-state index contributed by atoms with van der Waals surface area (Å²) in [5, 5.41) is 3.20. The number of alkyl halides is 3. The van der Waals surface area contributed by atoms with E-state index in [1.165, 1.54) is 0 Å². The van der Waals surface area contributed by atoms with Crippen LogP contribution in [0.5, 0.6) is 0 Å². The predicted octanol–water partition coefficient (Wildman–Crippen LogP) is 2.93. The topological polar surface area (TPSA) is 32.3 Å². The van der Waals surface area contributed by atoms with Gasteiger partial charge in [0.2, 0.25) is 0 Å². The third kappa shape index (κ3) is 3.86. The Balaban J connectivity index is 1.72. The van der Waals surface area contributed by atoms with E-state index in [0.29, 0.717) is 6.42 Å². The van der Waals surface area contributed by atoms with E-state index in [9.17, 15) is 18.0 Å². The van der Waals surface area contributed by atoms with Crippen molar-refractivity contribution in [1.82, 2.24) is 10.2 Å². The average Bonchev–Trinajstić information content (AvgIpc) is 3.33. The molecule has 2 atom stereocenters. The van der Waals surface area contributed by atoms with Crippen LogP contribution in [0.15, 0.2) is 30.3 Å². The SMILES string of the molecule is O=C(N(CC1CCNCC1)[C@H]1C[C@@H]1c1ccccc1)C(F)(F)F. The third-order valence-electron chi connectivity index (χ3n) is 4.80. The standard InChI is InChI=1S/C17H21F3N2O/c18-17(19,20)16(23)22(11-12-6-8-21-9-7-12)15-10-14(15)13-4-2-1-3-5-13/h1-5,12,14-15,21H,6-11H2/t14-,15+/m1/s1. The summed E-state index contributed by atoms with van der Waals surface area (Å²) in [6, 6.07) is 9.17. The summed E-state index contributed by atoms with van der Waals surface area (Å²) >= 11 is 0. The van der Waals surface area contributed by atoms with E-state index in [2.05, 4.69) is 5.32 Å². The Bertz CT molecular complexity index is 541. The molecule has 1 amide bonds.